The number of aryl methyl sites for hydroxylation is 1. The molecule has 0 spiro atoms. The lowest BCUT2D eigenvalue weighted by Gasteiger charge is -2.24. The van der Waals surface area contributed by atoms with Gasteiger partial charge in [-0.15, -0.1) is 0 Å². The van der Waals surface area contributed by atoms with E-state index in [2.05, 4.69) is 20.6 Å². The zero-order chi connectivity index (χ0) is 18.4. The molecular weight excluding hydrogens is 325 g/mol. The smallest absolute Gasteiger partial charge is 0.252 e. The van der Waals surface area contributed by atoms with Gasteiger partial charge in [-0.2, -0.15) is 0 Å². The molecule has 0 aliphatic rings. The van der Waals surface area contributed by atoms with Gasteiger partial charge < -0.3 is 10.6 Å². The standard InChI is InChI=1S/C17H22FN5O2/c1-11-10-14(24)22-17(21-11)20-9-8-19-16(25)15(23(2)3)12-6-4-5-7-13(12)18/h4-7,10,15H,8-9H2,1-3H3,(H,19,25)(H2,20,21,22,24)/t15-/m0/s1. The Morgan fingerprint density at radius 2 is 2.04 bits per heavy atom. The molecule has 134 valence electrons. The van der Waals surface area contributed by atoms with Crippen LogP contribution in [0.1, 0.15) is 17.3 Å². The van der Waals surface area contributed by atoms with Crippen molar-refractivity contribution in [2.24, 2.45) is 0 Å². The fourth-order valence-corrected chi connectivity index (χ4v) is 2.48. The average Bonchev–Trinajstić information content (AvgIpc) is 2.52. The summed E-state index contributed by atoms with van der Waals surface area (Å²) in [6, 6.07) is 6.88. The third-order valence-electron chi connectivity index (χ3n) is 3.55. The lowest BCUT2D eigenvalue weighted by Crippen LogP contribution is -2.39. The number of aromatic nitrogens is 2. The normalized spacial score (nSPS) is 12.0. The third-order valence-corrected chi connectivity index (χ3v) is 3.55. The number of halogens is 1. The Labute approximate surface area is 145 Å². The summed E-state index contributed by atoms with van der Waals surface area (Å²) >= 11 is 0. The van der Waals surface area contributed by atoms with E-state index in [0.29, 0.717) is 30.3 Å². The van der Waals surface area contributed by atoms with Crippen LogP contribution in [0.15, 0.2) is 35.1 Å². The van der Waals surface area contributed by atoms with E-state index < -0.39 is 11.9 Å². The van der Waals surface area contributed by atoms with E-state index in [4.69, 9.17) is 0 Å². The second kappa shape index (κ2) is 8.39. The Morgan fingerprint density at radius 3 is 2.68 bits per heavy atom. The lowest BCUT2D eigenvalue weighted by atomic mass is 10.0. The average molecular weight is 347 g/mol. The van der Waals surface area contributed by atoms with Crippen molar-refractivity contribution in [3.63, 3.8) is 0 Å². The van der Waals surface area contributed by atoms with Crippen LogP contribution in [0.4, 0.5) is 10.3 Å². The SMILES string of the molecule is Cc1cc(=O)[nH]c(NCCNC(=O)[C@H](c2ccccc2F)N(C)C)n1. The van der Waals surface area contributed by atoms with E-state index in [0.717, 1.165) is 0 Å². The Morgan fingerprint density at radius 1 is 1.32 bits per heavy atom. The zero-order valence-electron chi connectivity index (χ0n) is 14.5. The second-order valence-corrected chi connectivity index (χ2v) is 5.84. The topological polar surface area (TPSA) is 90.1 Å². The van der Waals surface area contributed by atoms with Gasteiger partial charge in [-0.25, -0.2) is 9.37 Å². The number of anilines is 1. The van der Waals surface area contributed by atoms with Crippen molar-refractivity contribution in [3.05, 3.63) is 57.8 Å². The summed E-state index contributed by atoms with van der Waals surface area (Å²) < 4.78 is 14.0. The van der Waals surface area contributed by atoms with Gasteiger partial charge >= 0.3 is 0 Å². The maximum absolute atomic E-state index is 14.0. The molecule has 2 aromatic rings. The summed E-state index contributed by atoms with van der Waals surface area (Å²) in [5.41, 5.74) is 0.677. The monoisotopic (exact) mass is 347 g/mol. The molecule has 0 saturated carbocycles. The van der Waals surface area contributed by atoms with E-state index in [1.54, 1.807) is 44.1 Å². The number of nitrogens with zero attached hydrogens (tertiary/aromatic N) is 2. The maximum Gasteiger partial charge on any atom is 0.252 e. The van der Waals surface area contributed by atoms with Crippen LogP contribution in [0.3, 0.4) is 0 Å². The fraction of sp³-hybridized carbons (Fsp3) is 0.353. The number of carbonyl (C=O) groups is 1. The van der Waals surface area contributed by atoms with E-state index >= 15 is 0 Å². The number of hydrogen-bond donors (Lipinski definition) is 3. The number of benzene rings is 1. The van der Waals surface area contributed by atoms with Crippen molar-refractivity contribution in [3.8, 4) is 0 Å². The third kappa shape index (κ3) is 5.12. The number of H-pyrrole nitrogens is 1. The van der Waals surface area contributed by atoms with Gasteiger partial charge in [-0.1, -0.05) is 18.2 Å². The molecular formula is C17H22FN5O2. The quantitative estimate of drug-likeness (QED) is 0.652. The molecule has 0 saturated heterocycles. The van der Waals surface area contributed by atoms with Gasteiger partial charge in [0.2, 0.25) is 11.9 Å². The van der Waals surface area contributed by atoms with Gasteiger partial charge in [0.25, 0.3) is 5.56 Å². The van der Waals surface area contributed by atoms with Gasteiger partial charge in [-0.05, 0) is 27.1 Å². The van der Waals surface area contributed by atoms with Crippen LogP contribution < -0.4 is 16.2 Å². The molecule has 1 aromatic heterocycles. The predicted octanol–water partition coefficient (Wildman–Crippen LogP) is 1.05. The Balaban J connectivity index is 1.93. The van der Waals surface area contributed by atoms with Crippen LogP contribution in [-0.4, -0.2) is 48.0 Å². The minimum absolute atomic E-state index is 0.244. The second-order valence-electron chi connectivity index (χ2n) is 5.84. The van der Waals surface area contributed by atoms with Crippen LogP contribution in [0.2, 0.25) is 0 Å². The molecule has 1 atom stereocenters. The van der Waals surface area contributed by atoms with Gasteiger partial charge in [0, 0.05) is 30.4 Å². The van der Waals surface area contributed by atoms with Gasteiger partial charge in [0.15, 0.2) is 0 Å². The van der Waals surface area contributed by atoms with E-state index in [-0.39, 0.29) is 11.5 Å². The van der Waals surface area contributed by atoms with Crippen molar-refractivity contribution in [2.45, 2.75) is 13.0 Å². The Bertz CT molecular complexity index is 791. The summed E-state index contributed by atoms with van der Waals surface area (Å²) in [6.07, 6.45) is 0. The zero-order valence-corrected chi connectivity index (χ0v) is 14.5. The summed E-state index contributed by atoms with van der Waals surface area (Å²) in [4.78, 5) is 32.1. The van der Waals surface area contributed by atoms with Crippen molar-refractivity contribution in [1.29, 1.82) is 0 Å². The first kappa shape index (κ1) is 18.6. The molecule has 3 N–H and O–H groups in total. The Kier molecular flexibility index (Phi) is 6.24. The van der Waals surface area contributed by atoms with Crippen LogP contribution in [0, 0.1) is 12.7 Å². The molecule has 0 aliphatic heterocycles. The molecule has 0 radical (unpaired) electrons. The summed E-state index contributed by atoms with van der Waals surface area (Å²) in [5.74, 6) is -0.379. The minimum Gasteiger partial charge on any atom is -0.354 e. The minimum atomic E-state index is -0.724. The number of hydrogen-bond acceptors (Lipinski definition) is 5. The molecule has 2 rings (SSSR count). The van der Waals surface area contributed by atoms with Gasteiger partial charge in [0.05, 0.1) is 0 Å². The largest absolute Gasteiger partial charge is 0.354 e. The number of rotatable bonds is 7. The fourth-order valence-electron chi connectivity index (χ4n) is 2.48. The highest BCUT2D eigenvalue weighted by Gasteiger charge is 2.25. The number of nitrogens with one attached hydrogen (secondary N) is 3. The first-order chi connectivity index (χ1) is 11.9. The highest BCUT2D eigenvalue weighted by molar-refractivity contribution is 5.83. The van der Waals surface area contributed by atoms with Crippen molar-refractivity contribution >= 4 is 11.9 Å². The first-order valence-electron chi connectivity index (χ1n) is 7.89. The van der Waals surface area contributed by atoms with Crippen molar-refractivity contribution in [2.75, 3.05) is 32.5 Å². The predicted molar refractivity (Wildman–Crippen MR) is 93.9 cm³/mol. The molecule has 0 aliphatic carbocycles. The van der Waals surface area contributed by atoms with E-state index in [1.807, 2.05) is 0 Å². The van der Waals surface area contributed by atoms with Crippen LogP contribution >= 0.6 is 0 Å². The molecule has 1 aromatic carbocycles. The molecule has 0 bridgehead atoms. The maximum atomic E-state index is 14.0. The van der Waals surface area contributed by atoms with Crippen LogP contribution in [-0.2, 0) is 4.79 Å². The summed E-state index contributed by atoms with van der Waals surface area (Å²) in [7, 11) is 3.44. The van der Waals surface area contributed by atoms with Crippen molar-refractivity contribution < 1.29 is 9.18 Å². The van der Waals surface area contributed by atoms with Gasteiger partial charge in [0.1, 0.15) is 11.9 Å². The van der Waals surface area contributed by atoms with E-state index in [1.165, 1.54) is 12.1 Å². The summed E-state index contributed by atoms with van der Waals surface area (Å²) in [6.45, 7) is 2.39. The summed E-state index contributed by atoms with van der Waals surface area (Å²) in [5, 5.41) is 5.69. The Hall–Kier alpha value is -2.74. The molecule has 1 heterocycles. The molecule has 7 nitrogen and oxygen atoms in total. The number of likely N-dealkylation sites (N-methyl/N-ethyl adjacent to an activating group) is 1. The molecule has 25 heavy (non-hydrogen) atoms. The van der Waals surface area contributed by atoms with Crippen LogP contribution in [0.25, 0.3) is 0 Å². The van der Waals surface area contributed by atoms with Crippen LogP contribution in [0.5, 0.6) is 0 Å². The molecule has 1 amide bonds. The molecule has 8 heteroatoms. The lowest BCUT2D eigenvalue weighted by molar-refractivity contribution is -0.125. The molecule has 0 fully saturated rings. The highest BCUT2D eigenvalue weighted by atomic mass is 19.1. The number of amides is 1. The number of aromatic amines is 1. The molecule has 0 unspecified atom stereocenters. The van der Waals surface area contributed by atoms with Gasteiger partial charge in [-0.3, -0.25) is 19.5 Å². The highest BCUT2D eigenvalue weighted by Crippen LogP contribution is 2.21. The van der Waals surface area contributed by atoms with Crippen molar-refractivity contribution in [1.82, 2.24) is 20.2 Å². The van der Waals surface area contributed by atoms with E-state index in [9.17, 15) is 14.0 Å². The number of carbonyl (C=O) groups excluding carboxylic acids is 1. The first-order valence-corrected chi connectivity index (χ1v) is 7.89.